The summed E-state index contributed by atoms with van der Waals surface area (Å²) in [6.45, 7) is 4.39. The van der Waals surface area contributed by atoms with Crippen LogP contribution in [0.2, 0.25) is 0 Å². The van der Waals surface area contributed by atoms with E-state index in [2.05, 4.69) is 17.4 Å². The lowest BCUT2D eigenvalue weighted by Crippen LogP contribution is -2.34. The summed E-state index contributed by atoms with van der Waals surface area (Å²) < 4.78 is 5.27. The summed E-state index contributed by atoms with van der Waals surface area (Å²) in [6.07, 6.45) is 5.01. The van der Waals surface area contributed by atoms with Gasteiger partial charge in [0.15, 0.2) is 0 Å². The van der Waals surface area contributed by atoms with Gasteiger partial charge in [-0.2, -0.15) is 0 Å². The van der Waals surface area contributed by atoms with Crippen LogP contribution in [0.5, 0.6) is 0 Å². The van der Waals surface area contributed by atoms with Crippen LogP contribution in [0, 0.1) is 5.92 Å². The molecular formula is C13H22N2O3. The van der Waals surface area contributed by atoms with Gasteiger partial charge >= 0.3 is 0 Å². The number of hydrogen-bond donors (Lipinski definition) is 1. The first-order valence-electron chi connectivity index (χ1n) is 6.88. The Bertz CT molecular complexity index is 311. The highest BCUT2D eigenvalue weighted by Gasteiger charge is 2.26. The Hall–Kier alpha value is -1.10. The van der Waals surface area contributed by atoms with Crippen molar-refractivity contribution in [2.45, 2.75) is 45.1 Å². The van der Waals surface area contributed by atoms with Gasteiger partial charge in [-0.05, 0) is 19.3 Å². The first kappa shape index (κ1) is 13.3. The van der Waals surface area contributed by atoms with E-state index < -0.39 is 0 Å². The Morgan fingerprint density at radius 1 is 1.56 bits per heavy atom. The fraction of sp³-hybridized carbons (Fsp3) is 0.846. The number of rotatable bonds is 6. The predicted molar refractivity (Wildman–Crippen MR) is 68.4 cm³/mol. The Kier molecular flexibility index (Phi) is 4.99. The summed E-state index contributed by atoms with van der Waals surface area (Å²) in [5.41, 5.74) is 0.537. The number of unbranched alkanes of at least 4 members (excludes halogenated alkanes) is 1. The van der Waals surface area contributed by atoms with E-state index in [0.29, 0.717) is 24.6 Å². The molecule has 0 bridgehead atoms. The summed E-state index contributed by atoms with van der Waals surface area (Å²) in [5.74, 6) is 0.369. The van der Waals surface area contributed by atoms with Crippen LogP contribution in [-0.2, 0) is 14.4 Å². The fourth-order valence-corrected chi connectivity index (χ4v) is 2.23. The number of hydrogen-bond acceptors (Lipinski definition) is 4. The molecule has 2 aliphatic rings. The highest BCUT2D eigenvalue weighted by atomic mass is 16.6. The van der Waals surface area contributed by atoms with Crippen LogP contribution in [0.15, 0.2) is 5.16 Å². The maximum atomic E-state index is 11.9. The molecule has 2 heterocycles. The van der Waals surface area contributed by atoms with E-state index in [1.807, 2.05) is 0 Å². The number of oxime groups is 1. The molecule has 0 spiro atoms. The van der Waals surface area contributed by atoms with Crippen molar-refractivity contribution in [3.63, 3.8) is 0 Å². The van der Waals surface area contributed by atoms with Crippen LogP contribution in [-0.4, -0.2) is 37.5 Å². The number of ether oxygens (including phenoxy) is 1. The smallest absolute Gasteiger partial charge is 0.269 e. The molecular weight excluding hydrogens is 232 g/mol. The normalized spacial score (nSPS) is 26.8. The van der Waals surface area contributed by atoms with Gasteiger partial charge in [-0.25, -0.2) is 0 Å². The van der Waals surface area contributed by atoms with Crippen LogP contribution in [0.4, 0.5) is 0 Å². The molecule has 2 atom stereocenters. The van der Waals surface area contributed by atoms with E-state index in [1.54, 1.807) is 0 Å². The molecule has 2 rings (SSSR count). The zero-order chi connectivity index (χ0) is 12.8. The molecule has 0 radical (unpaired) electrons. The lowest BCUT2D eigenvalue weighted by Gasteiger charge is -2.09. The van der Waals surface area contributed by atoms with Crippen molar-refractivity contribution in [3.05, 3.63) is 0 Å². The Labute approximate surface area is 108 Å². The minimum atomic E-state index is -0.0825. The second-order valence-corrected chi connectivity index (χ2v) is 5.05. The molecule has 0 saturated carbocycles. The summed E-state index contributed by atoms with van der Waals surface area (Å²) >= 11 is 0. The number of amides is 1. The molecule has 1 N–H and O–H groups in total. The second-order valence-electron chi connectivity index (χ2n) is 5.05. The van der Waals surface area contributed by atoms with E-state index >= 15 is 0 Å². The van der Waals surface area contributed by atoms with Gasteiger partial charge < -0.3 is 14.9 Å². The van der Waals surface area contributed by atoms with Gasteiger partial charge in [-0.15, -0.1) is 0 Å². The summed E-state index contributed by atoms with van der Waals surface area (Å²) in [7, 11) is 0. The van der Waals surface area contributed by atoms with Gasteiger partial charge in [0.25, 0.3) is 5.91 Å². The van der Waals surface area contributed by atoms with Gasteiger partial charge in [0.05, 0.1) is 6.61 Å². The number of nitrogens with zero attached hydrogens (tertiary/aromatic N) is 1. The van der Waals surface area contributed by atoms with Crippen molar-refractivity contribution >= 4 is 11.6 Å². The minimum Gasteiger partial charge on any atom is -0.392 e. The van der Waals surface area contributed by atoms with E-state index in [4.69, 9.17) is 9.57 Å². The lowest BCUT2D eigenvalue weighted by molar-refractivity contribution is -0.115. The van der Waals surface area contributed by atoms with Crippen molar-refractivity contribution < 1.29 is 14.4 Å². The quantitative estimate of drug-likeness (QED) is 0.781. The van der Waals surface area contributed by atoms with Crippen LogP contribution < -0.4 is 5.32 Å². The third kappa shape index (κ3) is 3.70. The summed E-state index contributed by atoms with van der Waals surface area (Å²) in [6, 6.07) is 0. The topological polar surface area (TPSA) is 59.9 Å². The van der Waals surface area contributed by atoms with Crippen LogP contribution in [0.25, 0.3) is 0 Å². The summed E-state index contributed by atoms with van der Waals surface area (Å²) in [4.78, 5) is 17.1. The second kappa shape index (κ2) is 6.73. The molecule has 1 amide bonds. The van der Waals surface area contributed by atoms with E-state index in [0.717, 1.165) is 38.9 Å². The van der Waals surface area contributed by atoms with Crippen molar-refractivity contribution in [2.75, 3.05) is 19.8 Å². The predicted octanol–water partition coefficient (Wildman–Crippen LogP) is 1.47. The number of carbonyl (C=O) groups excluding carboxylic acids is 1. The zero-order valence-corrected chi connectivity index (χ0v) is 11.0. The Morgan fingerprint density at radius 3 is 3.17 bits per heavy atom. The van der Waals surface area contributed by atoms with Gasteiger partial charge in [-0.1, -0.05) is 18.5 Å². The minimum absolute atomic E-state index is 0.0825. The standard InChI is InChI=1S/C13H22N2O3/c1-2-3-4-11-7-12(15-18-11)13(16)14-8-10-5-6-17-9-10/h10-11H,2-9H2,1H3,(H,14,16). The van der Waals surface area contributed by atoms with Crippen molar-refractivity contribution in [2.24, 2.45) is 11.1 Å². The molecule has 0 aromatic rings. The molecule has 102 valence electrons. The van der Waals surface area contributed by atoms with Crippen LogP contribution in [0.1, 0.15) is 39.0 Å². The Morgan fingerprint density at radius 2 is 2.44 bits per heavy atom. The highest BCUT2D eigenvalue weighted by molar-refractivity contribution is 6.39. The molecule has 5 nitrogen and oxygen atoms in total. The maximum absolute atomic E-state index is 11.9. The van der Waals surface area contributed by atoms with Gasteiger partial charge in [0.1, 0.15) is 11.8 Å². The van der Waals surface area contributed by atoms with Gasteiger partial charge in [-0.3, -0.25) is 4.79 Å². The fourth-order valence-electron chi connectivity index (χ4n) is 2.23. The highest BCUT2D eigenvalue weighted by Crippen LogP contribution is 2.17. The molecule has 2 aliphatic heterocycles. The molecule has 0 aliphatic carbocycles. The molecule has 18 heavy (non-hydrogen) atoms. The zero-order valence-electron chi connectivity index (χ0n) is 11.0. The monoisotopic (exact) mass is 254 g/mol. The van der Waals surface area contributed by atoms with Crippen molar-refractivity contribution in [1.29, 1.82) is 0 Å². The molecule has 0 aromatic carbocycles. The van der Waals surface area contributed by atoms with Gasteiger partial charge in [0.2, 0.25) is 0 Å². The SMILES string of the molecule is CCCCC1CC(C(=O)NCC2CCOC2)=NO1. The molecule has 1 fully saturated rings. The third-order valence-electron chi connectivity index (χ3n) is 3.45. The maximum Gasteiger partial charge on any atom is 0.269 e. The van der Waals surface area contributed by atoms with Crippen LogP contribution >= 0.6 is 0 Å². The number of carbonyl (C=O) groups is 1. The van der Waals surface area contributed by atoms with Crippen LogP contribution in [0.3, 0.4) is 0 Å². The number of nitrogens with one attached hydrogen (secondary N) is 1. The van der Waals surface area contributed by atoms with Gasteiger partial charge in [0, 0.05) is 25.5 Å². The molecule has 1 saturated heterocycles. The molecule has 0 aromatic heterocycles. The Balaban J connectivity index is 1.66. The van der Waals surface area contributed by atoms with E-state index in [1.165, 1.54) is 0 Å². The molecule has 5 heteroatoms. The van der Waals surface area contributed by atoms with E-state index in [9.17, 15) is 4.79 Å². The first-order chi connectivity index (χ1) is 8.79. The average molecular weight is 254 g/mol. The van der Waals surface area contributed by atoms with Crippen molar-refractivity contribution in [3.8, 4) is 0 Å². The average Bonchev–Trinajstić information content (AvgIpc) is 3.04. The van der Waals surface area contributed by atoms with Crippen molar-refractivity contribution in [1.82, 2.24) is 5.32 Å². The van der Waals surface area contributed by atoms with E-state index in [-0.39, 0.29) is 12.0 Å². The lowest BCUT2D eigenvalue weighted by atomic mass is 10.1. The largest absolute Gasteiger partial charge is 0.392 e. The third-order valence-corrected chi connectivity index (χ3v) is 3.45. The first-order valence-corrected chi connectivity index (χ1v) is 6.88. The molecule has 2 unspecified atom stereocenters. The summed E-state index contributed by atoms with van der Waals surface area (Å²) in [5, 5.41) is 6.80.